The molecule has 0 aliphatic carbocycles. The third-order valence-electron chi connectivity index (χ3n) is 6.99. The first-order chi connectivity index (χ1) is 18.1. The van der Waals surface area contributed by atoms with Gasteiger partial charge in [0.05, 0.1) is 0 Å². The number of aliphatic carboxylic acids is 1. The predicted octanol–water partition coefficient (Wildman–Crippen LogP) is 2.95. The summed E-state index contributed by atoms with van der Waals surface area (Å²) < 4.78 is 0. The highest BCUT2D eigenvalue weighted by Crippen LogP contribution is 2.19. The molecule has 9 nitrogen and oxygen atoms in total. The lowest BCUT2D eigenvalue weighted by molar-refractivity contribution is -0.148. The number of nitrogens with zero attached hydrogens (tertiary/aromatic N) is 1. The van der Waals surface area contributed by atoms with Crippen molar-refractivity contribution in [2.24, 2.45) is 5.92 Å². The zero-order valence-electron chi connectivity index (χ0n) is 22.8. The number of benzene rings is 2. The molecule has 0 aromatic heterocycles. The Morgan fingerprint density at radius 3 is 2.37 bits per heavy atom. The normalized spacial score (nSPS) is 17.2. The van der Waals surface area contributed by atoms with Gasteiger partial charge in [0.15, 0.2) is 0 Å². The van der Waals surface area contributed by atoms with Crippen LogP contribution >= 0.6 is 0 Å². The molecule has 0 spiro atoms. The molecule has 1 saturated heterocycles. The van der Waals surface area contributed by atoms with Gasteiger partial charge >= 0.3 is 5.97 Å². The van der Waals surface area contributed by atoms with Crippen LogP contribution in [0, 0.1) is 5.92 Å². The van der Waals surface area contributed by atoms with Crippen molar-refractivity contribution >= 4 is 34.5 Å². The van der Waals surface area contributed by atoms with Gasteiger partial charge in [0.2, 0.25) is 11.8 Å². The van der Waals surface area contributed by atoms with Crippen molar-refractivity contribution in [3.63, 3.8) is 0 Å². The van der Waals surface area contributed by atoms with E-state index in [1.165, 1.54) is 26.9 Å². The summed E-state index contributed by atoms with van der Waals surface area (Å²) in [6.07, 6.45) is 3.66. The Balaban J connectivity index is 1.50. The van der Waals surface area contributed by atoms with Crippen molar-refractivity contribution in [2.75, 3.05) is 6.54 Å². The average molecular weight is 525 g/mol. The van der Waals surface area contributed by atoms with E-state index >= 15 is 0 Å². The monoisotopic (exact) mass is 524 g/mol. The van der Waals surface area contributed by atoms with E-state index in [0.29, 0.717) is 25.8 Å². The molecule has 9 heteroatoms. The third-order valence-corrected chi connectivity index (χ3v) is 6.99. The average Bonchev–Trinajstić information content (AvgIpc) is 2.90. The van der Waals surface area contributed by atoms with E-state index in [2.05, 4.69) is 59.4 Å². The summed E-state index contributed by atoms with van der Waals surface area (Å²) in [5.41, 5.74) is 5.16. The van der Waals surface area contributed by atoms with E-state index in [1.54, 1.807) is 6.92 Å². The Kier molecular flexibility index (Phi) is 10.2. The maximum absolute atomic E-state index is 13.0. The minimum Gasteiger partial charge on any atom is -0.480 e. The van der Waals surface area contributed by atoms with Crippen LogP contribution in [-0.2, 0) is 32.0 Å². The van der Waals surface area contributed by atoms with Gasteiger partial charge in [-0.1, -0.05) is 57.2 Å². The van der Waals surface area contributed by atoms with E-state index in [0.717, 1.165) is 12.8 Å². The largest absolute Gasteiger partial charge is 0.480 e. The van der Waals surface area contributed by atoms with Gasteiger partial charge in [-0.2, -0.15) is 0 Å². The molecule has 0 radical (unpaired) electrons. The van der Waals surface area contributed by atoms with Crippen LogP contribution in [0.25, 0.3) is 10.8 Å². The minimum absolute atomic E-state index is 0.181. The number of hydrogen-bond donors (Lipinski definition) is 4. The molecular formula is C29H40N4O5. The Morgan fingerprint density at radius 2 is 1.71 bits per heavy atom. The van der Waals surface area contributed by atoms with Gasteiger partial charge in [0.1, 0.15) is 18.1 Å². The molecule has 3 amide bonds. The number of carboxylic acids is 1. The van der Waals surface area contributed by atoms with Crippen molar-refractivity contribution in [2.45, 2.75) is 84.3 Å². The van der Waals surface area contributed by atoms with Crippen molar-refractivity contribution in [3.8, 4) is 0 Å². The number of aryl methyl sites for hydroxylation is 2. The minimum atomic E-state index is -1.02. The Morgan fingerprint density at radius 1 is 1.03 bits per heavy atom. The second kappa shape index (κ2) is 13.4. The van der Waals surface area contributed by atoms with Gasteiger partial charge in [-0.15, -0.1) is 0 Å². The summed E-state index contributed by atoms with van der Waals surface area (Å²) in [5, 5.41) is 18.4. The van der Waals surface area contributed by atoms with Crippen LogP contribution in [0.15, 0.2) is 36.4 Å². The van der Waals surface area contributed by atoms with E-state index in [1.807, 2.05) is 13.8 Å². The summed E-state index contributed by atoms with van der Waals surface area (Å²) in [6.45, 7) is 7.72. The first-order valence-electron chi connectivity index (χ1n) is 13.5. The lowest BCUT2D eigenvalue weighted by atomic mass is 10.00. The zero-order chi connectivity index (χ0) is 27.8. The fraction of sp³-hybridized carbons (Fsp3) is 0.517. The van der Waals surface area contributed by atoms with Crippen molar-refractivity contribution < 1.29 is 24.3 Å². The number of hydrazine groups is 1. The fourth-order valence-corrected chi connectivity index (χ4v) is 4.68. The van der Waals surface area contributed by atoms with Gasteiger partial charge in [0, 0.05) is 13.0 Å². The highest BCUT2D eigenvalue weighted by atomic mass is 16.4. The van der Waals surface area contributed by atoms with Gasteiger partial charge in [-0.25, -0.2) is 5.43 Å². The highest BCUT2D eigenvalue weighted by molar-refractivity contribution is 5.92. The SMILES string of the molecule is CCc1ccc2ccc(CCCC(=O)N[C@H](C(=O)NC(C)C(=O)N3CCCC(C(=O)O)N3)C(C)C)cc2c1. The number of amides is 3. The van der Waals surface area contributed by atoms with Crippen LogP contribution in [0.2, 0.25) is 0 Å². The second-order valence-corrected chi connectivity index (χ2v) is 10.4. The summed E-state index contributed by atoms with van der Waals surface area (Å²) in [6, 6.07) is 10.4. The van der Waals surface area contributed by atoms with E-state index in [9.17, 15) is 24.3 Å². The Hall–Kier alpha value is -3.46. The third kappa shape index (κ3) is 7.77. The molecule has 3 rings (SSSR count). The molecule has 3 atom stereocenters. The lowest BCUT2D eigenvalue weighted by Gasteiger charge is -2.34. The second-order valence-electron chi connectivity index (χ2n) is 10.4. The number of fused-ring (bicyclic) bond motifs is 1. The van der Waals surface area contributed by atoms with Crippen LogP contribution in [0.1, 0.15) is 64.5 Å². The smallest absolute Gasteiger partial charge is 0.322 e. The summed E-state index contributed by atoms with van der Waals surface area (Å²) >= 11 is 0. The van der Waals surface area contributed by atoms with E-state index in [-0.39, 0.29) is 18.2 Å². The van der Waals surface area contributed by atoms with Gasteiger partial charge in [0.25, 0.3) is 5.91 Å². The van der Waals surface area contributed by atoms with Gasteiger partial charge in [-0.05, 0) is 66.8 Å². The van der Waals surface area contributed by atoms with Crippen LogP contribution in [0.3, 0.4) is 0 Å². The number of carbonyl (C=O) groups is 4. The predicted molar refractivity (Wildman–Crippen MR) is 146 cm³/mol. The molecule has 1 aliphatic rings. The summed E-state index contributed by atoms with van der Waals surface area (Å²) in [4.78, 5) is 49.7. The number of hydrogen-bond acceptors (Lipinski definition) is 5. The molecule has 0 bridgehead atoms. The standard InChI is InChI=1S/C29H40N4O5/c1-5-20-11-13-22-14-12-21(17-23(22)16-20)8-6-10-25(34)31-26(18(2)3)27(35)30-19(4)28(36)33-15-7-9-24(32-33)29(37)38/h11-14,16-19,24,26,32H,5-10,15H2,1-4H3,(H,30,35)(H,31,34)(H,37,38)/t19?,24?,26-/m0/s1. The number of rotatable bonds is 11. The van der Waals surface area contributed by atoms with E-state index < -0.39 is 35.9 Å². The molecule has 2 aromatic carbocycles. The Labute approximate surface area is 224 Å². The molecule has 38 heavy (non-hydrogen) atoms. The number of carbonyl (C=O) groups excluding carboxylic acids is 3. The number of nitrogens with one attached hydrogen (secondary N) is 3. The van der Waals surface area contributed by atoms with Gasteiger partial charge < -0.3 is 15.7 Å². The van der Waals surface area contributed by atoms with Crippen LogP contribution < -0.4 is 16.1 Å². The molecule has 206 valence electrons. The molecule has 1 fully saturated rings. The quantitative estimate of drug-likeness (QED) is 0.358. The highest BCUT2D eigenvalue weighted by Gasteiger charge is 2.32. The first kappa shape index (κ1) is 29.1. The summed E-state index contributed by atoms with van der Waals surface area (Å²) in [7, 11) is 0. The fourth-order valence-electron chi connectivity index (χ4n) is 4.68. The maximum atomic E-state index is 13.0. The summed E-state index contributed by atoms with van der Waals surface area (Å²) in [5.74, 6) is -2.28. The van der Waals surface area contributed by atoms with Crippen molar-refractivity contribution in [1.82, 2.24) is 21.1 Å². The zero-order valence-corrected chi connectivity index (χ0v) is 22.8. The molecule has 1 aliphatic heterocycles. The first-order valence-corrected chi connectivity index (χ1v) is 13.5. The molecule has 4 N–H and O–H groups in total. The van der Waals surface area contributed by atoms with Gasteiger partial charge in [-0.3, -0.25) is 24.2 Å². The maximum Gasteiger partial charge on any atom is 0.322 e. The van der Waals surface area contributed by atoms with E-state index in [4.69, 9.17) is 0 Å². The molecular weight excluding hydrogens is 484 g/mol. The van der Waals surface area contributed by atoms with Crippen LogP contribution in [-0.4, -0.2) is 58.5 Å². The Bertz CT molecular complexity index is 1160. The molecule has 2 aromatic rings. The molecule has 1 heterocycles. The number of carboxylic acid groups (broad SMARTS) is 1. The molecule has 2 unspecified atom stereocenters. The van der Waals surface area contributed by atoms with Crippen molar-refractivity contribution in [3.05, 3.63) is 47.5 Å². The topological polar surface area (TPSA) is 128 Å². The molecule has 0 saturated carbocycles. The lowest BCUT2D eigenvalue weighted by Crippen LogP contribution is -2.60. The van der Waals surface area contributed by atoms with Crippen LogP contribution in [0.5, 0.6) is 0 Å². The van der Waals surface area contributed by atoms with Crippen molar-refractivity contribution in [1.29, 1.82) is 0 Å². The van der Waals surface area contributed by atoms with Crippen LogP contribution in [0.4, 0.5) is 0 Å².